The molecule has 15 heavy (non-hydrogen) atoms. The third kappa shape index (κ3) is 2.67. The van der Waals surface area contributed by atoms with Crippen LogP contribution in [0.2, 0.25) is 0 Å². The van der Waals surface area contributed by atoms with E-state index < -0.39 is 5.60 Å². The van der Waals surface area contributed by atoms with Crippen LogP contribution in [0.3, 0.4) is 0 Å². The summed E-state index contributed by atoms with van der Waals surface area (Å²) in [7, 11) is 0. The van der Waals surface area contributed by atoms with E-state index in [9.17, 15) is 5.11 Å². The zero-order valence-electron chi connectivity index (χ0n) is 8.82. The maximum Gasteiger partial charge on any atom is 0.0813 e. The lowest BCUT2D eigenvalue weighted by Gasteiger charge is -2.18. The van der Waals surface area contributed by atoms with Crippen LogP contribution in [0.1, 0.15) is 13.8 Å². The normalized spacial score (nSPS) is 11.9. The molecule has 4 heteroatoms. The Morgan fingerprint density at radius 2 is 2.27 bits per heavy atom. The molecule has 0 unspecified atom stereocenters. The van der Waals surface area contributed by atoms with E-state index in [4.69, 9.17) is 0 Å². The van der Waals surface area contributed by atoms with Gasteiger partial charge in [-0.05, 0) is 32.0 Å². The van der Waals surface area contributed by atoms with E-state index in [0.717, 1.165) is 15.9 Å². The number of rotatable bonds is 3. The zero-order chi connectivity index (χ0) is 10.9. The number of benzene rings is 1. The lowest BCUT2D eigenvalue weighted by atomic mass is 10.1. The molecule has 0 aliphatic heterocycles. The first-order valence-electron chi connectivity index (χ1n) is 4.84. The summed E-state index contributed by atoms with van der Waals surface area (Å²) >= 11 is 1.62. The molecule has 1 heterocycles. The van der Waals surface area contributed by atoms with Crippen LogP contribution in [0.5, 0.6) is 0 Å². The van der Waals surface area contributed by atoms with Crippen molar-refractivity contribution in [1.82, 2.24) is 4.98 Å². The van der Waals surface area contributed by atoms with Gasteiger partial charge in [-0.25, -0.2) is 4.98 Å². The Morgan fingerprint density at radius 3 is 3.00 bits per heavy atom. The number of aliphatic hydroxyl groups is 1. The molecule has 1 aromatic heterocycles. The Kier molecular flexibility index (Phi) is 2.63. The van der Waals surface area contributed by atoms with Gasteiger partial charge < -0.3 is 10.4 Å². The topological polar surface area (TPSA) is 45.1 Å². The van der Waals surface area contributed by atoms with Gasteiger partial charge in [-0.15, -0.1) is 11.3 Å². The standard InChI is InChI=1S/C11H14N2OS/c1-11(2,14)6-12-8-3-4-9-10(5-8)15-7-13-9/h3-5,7,12,14H,6H2,1-2H3. The fraction of sp³-hybridized carbons (Fsp3) is 0.364. The van der Waals surface area contributed by atoms with Crippen molar-refractivity contribution in [2.75, 3.05) is 11.9 Å². The minimum absolute atomic E-state index is 0.539. The van der Waals surface area contributed by atoms with Crippen LogP contribution in [0.15, 0.2) is 23.7 Å². The van der Waals surface area contributed by atoms with Crippen molar-refractivity contribution >= 4 is 27.2 Å². The maximum atomic E-state index is 9.58. The van der Waals surface area contributed by atoms with Gasteiger partial charge in [0.25, 0.3) is 0 Å². The first-order valence-corrected chi connectivity index (χ1v) is 5.72. The highest BCUT2D eigenvalue weighted by Gasteiger charge is 2.11. The van der Waals surface area contributed by atoms with Crippen molar-refractivity contribution < 1.29 is 5.11 Å². The summed E-state index contributed by atoms with van der Waals surface area (Å²) in [4.78, 5) is 4.21. The van der Waals surface area contributed by atoms with Gasteiger partial charge in [-0.3, -0.25) is 0 Å². The summed E-state index contributed by atoms with van der Waals surface area (Å²) in [6, 6.07) is 6.02. The van der Waals surface area contributed by atoms with E-state index in [1.807, 2.05) is 17.6 Å². The number of anilines is 1. The number of thiazole rings is 1. The Labute approximate surface area is 92.8 Å². The number of nitrogens with one attached hydrogen (secondary N) is 1. The molecule has 2 aromatic rings. The molecule has 0 saturated carbocycles. The highest BCUT2D eigenvalue weighted by Crippen LogP contribution is 2.22. The number of hydrogen-bond acceptors (Lipinski definition) is 4. The van der Waals surface area contributed by atoms with Crippen LogP contribution < -0.4 is 5.32 Å². The van der Waals surface area contributed by atoms with Crippen LogP contribution in [-0.2, 0) is 0 Å². The van der Waals surface area contributed by atoms with Crippen molar-refractivity contribution in [1.29, 1.82) is 0 Å². The molecule has 2 N–H and O–H groups in total. The quantitative estimate of drug-likeness (QED) is 0.838. The van der Waals surface area contributed by atoms with Gasteiger partial charge in [-0.2, -0.15) is 0 Å². The molecule has 0 fully saturated rings. The summed E-state index contributed by atoms with van der Waals surface area (Å²) in [6.07, 6.45) is 0. The lowest BCUT2D eigenvalue weighted by Crippen LogP contribution is -2.29. The van der Waals surface area contributed by atoms with E-state index in [2.05, 4.69) is 16.4 Å². The zero-order valence-corrected chi connectivity index (χ0v) is 9.64. The third-order valence-corrected chi connectivity index (χ3v) is 2.85. The van der Waals surface area contributed by atoms with Crippen molar-refractivity contribution in [2.45, 2.75) is 19.4 Å². The molecule has 1 aromatic carbocycles. The highest BCUT2D eigenvalue weighted by molar-refractivity contribution is 7.16. The van der Waals surface area contributed by atoms with E-state index in [-0.39, 0.29) is 0 Å². The first-order chi connectivity index (χ1) is 7.04. The van der Waals surface area contributed by atoms with E-state index in [0.29, 0.717) is 6.54 Å². The molecule has 0 aliphatic rings. The fourth-order valence-corrected chi connectivity index (χ4v) is 2.00. The van der Waals surface area contributed by atoms with Crippen molar-refractivity contribution in [3.05, 3.63) is 23.7 Å². The van der Waals surface area contributed by atoms with E-state index >= 15 is 0 Å². The van der Waals surface area contributed by atoms with Crippen molar-refractivity contribution in [2.24, 2.45) is 0 Å². The summed E-state index contributed by atoms with van der Waals surface area (Å²) < 4.78 is 1.16. The smallest absolute Gasteiger partial charge is 0.0813 e. The predicted octanol–water partition coefficient (Wildman–Crippen LogP) is 2.48. The fourth-order valence-electron chi connectivity index (χ4n) is 1.28. The first kappa shape index (κ1) is 10.4. The third-order valence-electron chi connectivity index (χ3n) is 2.06. The minimum atomic E-state index is -0.692. The molecular formula is C11H14N2OS. The van der Waals surface area contributed by atoms with Crippen LogP contribution in [0, 0.1) is 0 Å². The van der Waals surface area contributed by atoms with Crippen molar-refractivity contribution in [3.63, 3.8) is 0 Å². The molecule has 0 saturated heterocycles. The number of fused-ring (bicyclic) bond motifs is 1. The van der Waals surface area contributed by atoms with Gasteiger partial charge in [0, 0.05) is 12.2 Å². The second kappa shape index (κ2) is 3.79. The Hall–Kier alpha value is -1.13. The summed E-state index contributed by atoms with van der Waals surface area (Å²) in [5.41, 5.74) is 3.19. The Bertz CT molecular complexity index is 459. The molecular weight excluding hydrogens is 208 g/mol. The van der Waals surface area contributed by atoms with Gasteiger partial charge in [0.2, 0.25) is 0 Å². The second-order valence-electron chi connectivity index (χ2n) is 4.20. The largest absolute Gasteiger partial charge is 0.389 e. The summed E-state index contributed by atoms with van der Waals surface area (Å²) in [5, 5.41) is 12.8. The molecule has 80 valence electrons. The number of aromatic nitrogens is 1. The molecule has 2 rings (SSSR count). The van der Waals surface area contributed by atoms with Crippen molar-refractivity contribution in [3.8, 4) is 0 Å². The number of nitrogens with zero attached hydrogens (tertiary/aromatic N) is 1. The monoisotopic (exact) mass is 222 g/mol. The minimum Gasteiger partial charge on any atom is -0.389 e. The molecule has 0 atom stereocenters. The van der Waals surface area contributed by atoms with Gasteiger partial charge in [0.15, 0.2) is 0 Å². The summed E-state index contributed by atoms with van der Waals surface area (Å²) in [6.45, 7) is 4.10. The molecule has 3 nitrogen and oxygen atoms in total. The van der Waals surface area contributed by atoms with Crippen LogP contribution in [0.25, 0.3) is 10.2 Å². The van der Waals surface area contributed by atoms with E-state index in [1.54, 1.807) is 25.2 Å². The van der Waals surface area contributed by atoms with Gasteiger partial charge >= 0.3 is 0 Å². The predicted molar refractivity (Wildman–Crippen MR) is 64.4 cm³/mol. The highest BCUT2D eigenvalue weighted by atomic mass is 32.1. The number of hydrogen-bond donors (Lipinski definition) is 2. The average Bonchev–Trinajstić information content (AvgIpc) is 2.60. The molecule has 0 aliphatic carbocycles. The Balaban J connectivity index is 2.15. The average molecular weight is 222 g/mol. The van der Waals surface area contributed by atoms with Gasteiger partial charge in [0.1, 0.15) is 0 Å². The van der Waals surface area contributed by atoms with Gasteiger partial charge in [0.05, 0.1) is 21.3 Å². The van der Waals surface area contributed by atoms with E-state index in [1.165, 1.54) is 0 Å². The Morgan fingerprint density at radius 1 is 1.47 bits per heavy atom. The molecule has 0 bridgehead atoms. The maximum absolute atomic E-state index is 9.58. The molecule has 0 spiro atoms. The van der Waals surface area contributed by atoms with Crippen LogP contribution >= 0.6 is 11.3 Å². The summed E-state index contributed by atoms with van der Waals surface area (Å²) in [5.74, 6) is 0. The molecule has 0 radical (unpaired) electrons. The lowest BCUT2D eigenvalue weighted by molar-refractivity contribution is 0.0945. The molecule has 0 amide bonds. The van der Waals surface area contributed by atoms with Crippen LogP contribution in [0.4, 0.5) is 5.69 Å². The second-order valence-corrected chi connectivity index (χ2v) is 5.09. The SMILES string of the molecule is CC(C)(O)CNc1ccc2ncsc2c1. The van der Waals surface area contributed by atoms with Gasteiger partial charge in [-0.1, -0.05) is 0 Å². The van der Waals surface area contributed by atoms with Crippen LogP contribution in [-0.4, -0.2) is 22.2 Å².